The van der Waals surface area contributed by atoms with Crippen molar-refractivity contribution in [1.82, 2.24) is 25.5 Å². The summed E-state index contributed by atoms with van der Waals surface area (Å²) in [6, 6.07) is 0.211. The lowest BCUT2D eigenvalue weighted by molar-refractivity contribution is 0.138. The van der Waals surface area contributed by atoms with Gasteiger partial charge in [0, 0.05) is 0 Å². The van der Waals surface area contributed by atoms with Crippen molar-refractivity contribution in [3.63, 3.8) is 0 Å². The third kappa shape index (κ3) is 1.32. The zero-order valence-corrected chi connectivity index (χ0v) is 8.99. The molecule has 2 rings (SSSR count). The lowest BCUT2D eigenvalue weighted by atomic mass is 9.78. The van der Waals surface area contributed by atoms with Crippen LogP contribution in [0.5, 0.6) is 0 Å². The molecule has 1 aromatic heterocycles. The van der Waals surface area contributed by atoms with E-state index in [2.05, 4.69) is 34.7 Å². The van der Waals surface area contributed by atoms with Crippen LogP contribution in [0.2, 0.25) is 0 Å². The van der Waals surface area contributed by atoms with Crippen molar-refractivity contribution in [3.8, 4) is 0 Å². The molecule has 1 atom stereocenters. The zero-order chi connectivity index (χ0) is 10.2. The monoisotopic (exact) mass is 195 g/mol. The molecule has 0 aliphatic heterocycles. The fourth-order valence-corrected chi connectivity index (χ4v) is 1.88. The predicted molar refractivity (Wildman–Crippen MR) is 52.8 cm³/mol. The minimum absolute atomic E-state index is 0.157. The van der Waals surface area contributed by atoms with Crippen LogP contribution in [0.25, 0.3) is 0 Å². The fourth-order valence-electron chi connectivity index (χ4n) is 1.88. The molecule has 5 heteroatoms. The molecule has 0 saturated heterocycles. The van der Waals surface area contributed by atoms with Gasteiger partial charge < -0.3 is 5.32 Å². The van der Waals surface area contributed by atoms with Crippen molar-refractivity contribution in [2.45, 2.75) is 44.7 Å². The lowest BCUT2D eigenvalue weighted by Gasteiger charge is -2.38. The van der Waals surface area contributed by atoms with Gasteiger partial charge in [-0.2, -0.15) is 0 Å². The number of nitrogens with zero attached hydrogens (tertiary/aromatic N) is 4. The van der Waals surface area contributed by atoms with Crippen molar-refractivity contribution < 1.29 is 0 Å². The summed E-state index contributed by atoms with van der Waals surface area (Å²) in [6.45, 7) is 4.29. The molecule has 0 spiro atoms. The molecule has 1 N–H and O–H groups in total. The van der Waals surface area contributed by atoms with Crippen molar-refractivity contribution in [1.29, 1.82) is 0 Å². The van der Waals surface area contributed by atoms with E-state index in [0.717, 1.165) is 5.82 Å². The molecule has 0 bridgehead atoms. The fraction of sp³-hybridized carbons (Fsp3) is 0.889. The minimum atomic E-state index is 0.157. The van der Waals surface area contributed by atoms with Crippen LogP contribution in [0.3, 0.4) is 0 Å². The Morgan fingerprint density at radius 1 is 1.50 bits per heavy atom. The van der Waals surface area contributed by atoms with Crippen LogP contribution < -0.4 is 5.32 Å². The Hall–Kier alpha value is -0.970. The molecule has 14 heavy (non-hydrogen) atoms. The smallest absolute Gasteiger partial charge is 0.168 e. The summed E-state index contributed by atoms with van der Waals surface area (Å²) in [5.41, 5.74) is 0.157. The summed E-state index contributed by atoms with van der Waals surface area (Å²) in [6.07, 6.45) is 3.65. The molecule has 1 heterocycles. The van der Waals surface area contributed by atoms with Crippen molar-refractivity contribution in [3.05, 3.63) is 5.82 Å². The van der Waals surface area contributed by atoms with Gasteiger partial charge in [0.25, 0.3) is 0 Å². The van der Waals surface area contributed by atoms with Gasteiger partial charge in [-0.05, 0) is 50.6 Å². The third-order valence-electron chi connectivity index (χ3n) is 3.26. The van der Waals surface area contributed by atoms with Crippen LogP contribution in [0.15, 0.2) is 0 Å². The van der Waals surface area contributed by atoms with Gasteiger partial charge >= 0.3 is 0 Å². The molecule has 0 radical (unpaired) electrons. The molecule has 0 aromatic carbocycles. The molecule has 78 valence electrons. The number of hydrogen-bond donors (Lipinski definition) is 1. The lowest BCUT2D eigenvalue weighted by Crippen LogP contribution is -2.40. The largest absolute Gasteiger partial charge is 0.311 e. The summed E-state index contributed by atoms with van der Waals surface area (Å²) in [7, 11) is 1.92. The van der Waals surface area contributed by atoms with Crippen LogP contribution >= 0.6 is 0 Å². The zero-order valence-electron chi connectivity index (χ0n) is 8.99. The third-order valence-corrected chi connectivity index (χ3v) is 3.26. The van der Waals surface area contributed by atoms with Crippen molar-refractivity contribution in [2.24, 2.45) is 0 Å². The van der Waals surface area contributed by atoms with Gasteiger partial charge in [0.2, 0.25) is 0 Å². The van der Waals surface area contributed by atoms with Gasteiger partial charge in [0.15, 0.2) is 5.82 Å². The summed E-state index contributed by atoms with van der Waals surface area (Å²) < 4.78 is 1.98. The van der Waals surface area contributed by atoms with Gasteiger partial charge in [-0.1, -0.05) is 0 Å². The highest BCUT2D eigenvalue weighted by Gasteiger charge is 2.37. The standard InChI is InChI=1S/C9H17N5/c1-7(10-3)8-11-12-13-14(8)9(2)5-4-6-9/h7,10H,4-6H2,1-3H3. The van der Waals surface area contributed by atoms with E-state index >= 15 is 0 Å². The number of hydrogen-bond acceptors (Lipinski definition) is 4. The molecule has 1 aliphatic carbocycles. The van der Waals surface area contributed by atoms with E-state index in [9.17, 15) is 0 Å². The second-order valence-corrected chi connectivity index (χ2v) is 4.31. The summed E-state index contributed by atoms with van der Waals surface area (Å²) in [5.74, 6) is 0.940. The number of tetrazole rings is 1. The highest BCUT2D eigenvalue weighted by molar-refractivity contribution is 4.98. The molecule has 1 unspecified atom stereocenters. The van der Waals surface area contributed by atoms with Crippen LogP contribution in [-0.2, 0) is 5.54 Å². The first-order valence-corrected chi connectivity index (χ1v) is 5.13. The highest BCUT2D eigenvalue weighted by atomic mass is 15.6. The Labute approximate surface area is 83.9 Å². The number of nitrogens with one attached hydrogen (secondary N) is 1. The Kier molecular flexibility index (Phi) is 2.26. The average Bonchev–Trinajstić information content (AvgIpc) is 2.61. The highest BCUT2D eigenvalue weighted by Crippen LogP contribution is 2.38. The van der Waals surface area contributed by atoms with E-state index in [1.165, 1.54) is 19.3 Å². The van der Waals surface area contributed by atoms with Gasteiger partial charge in [-0.3, -0.25) is 0 Å². The van der Waals surface area contributed by atoms with Crippen LogP contribution in [-0.4, -0.2) is 27.3 Å². The number of aromatic nitrogens is 4. The van der Waals surface area contributed by atoms with E-state index in [1.54, 1.807) is 0 Å². The Bertz CT molecular complexity index is 315. The van der Waals surface area contributed by atoms with Crippen LogP contribution in [0.1, 0.15) is 45.0 Å². The van der Waals surface area contributed by atoms with Crippen LogP contribution in [0, 0.1) is 0 Å². The molecule has 1 aliphatic rings. The molecule has 0 amide bonds. The average molecular weight is 195 g/mol. The SMILES string of the molecule is CNC(C)c1nnnn1C1(C)CCC1. The normalized spacial score (nSPS) is 21.6. The first-order chi connectivity index (χ1) is 6.67. The molecule has 5 nitrogen and oxygen atoms in total. The molecule has 1 saturated carbocycles. The van der Waals surface area contributed by atoms with Crippen LogP contribution in [0.4, 0.5) is 0 Å². The maximum atomic E-state index is 4.09. The molecule has 1 aromatic rings. The number of rotatable bonds is 3. The molecule has 1 fully saturated rings. The Morgan fingerprint density at radius 3 is 2.71 bits per heavy atom. The van der Waals surface area contributed by atoms with E-state index in [4.69, 9.17) is 0 Å². The Morgan fingerprint density at radius 2 is 2.21 bits per heavy atom. The second kappa shape index (κ2) is 3.31. The first kappa shape index (κ1) is 9.58. The van der Waals surface area contributed by atoms with Gasteiger partial charge in [-0.25, -0.2) is 4.68 Å². The molecular formula is C9H17N5. The Balaban J connectivity index is 2.29. The summed E-state index contributed by atoms with van der Waals surface area (Å²) in [5, 5.41) is 15.1. The summed E-state index contributed by atoms with van der Waals surface area (Å²) >= 11 is 0. The van der Waals surface area contributed by atoms with E-state index in [1.807, 2.05) is 11.7 Å². The summed E-state index contributed by atoms with van der Waals surface area (Å²) in [4.78, 5) is 0. The van der Waals surface area contributed by atoms with Gasteiger partial charge in [0.05, 0.1) is 11.6 Å². The maximum absolute atomic E-state index is 4.09. The quantitative estimate of drug-likeness (QED) is 0.777. The van der Waals surface area contributed by atoms with E-state index in [0.29, 0.717) is 0 Å². The van der Waals surface area contributed by atoms with Gasteiger partial charge in [-0.15, -0.1) is 5.10 Å². The second-order valence-electron chi connectivity index (χ2n) is 4.31. The van der Waals surface area contributed by atoms with E-state index in [-0.39, 0.29) is 11.6 Å². The topological polar surface area (TPSA) is 55.6 Å². The van der Waals surface area contributed by atoms with Crippen molar-refractivity contribution >= 4 is 0 Å². The van der Waals surface area contributed by atoms with Crippen molar-refractivity contribution in [2.75, 3.05) is 7.05 Å². The van der Waals surface area contributed by atoms with E-state index < -0.39 is 0 Å². The molecular weight excluding hydrogens is 178 g/mol. The minimum Gasteiger partial charge on any atom is -0.311 e. The first-order valence-electron chi connectivity index (χ1n) is 5.13. The van der Waals surface area contributed by atoms with Gasteiger partial charge in [0.1, 0.15) is 0 Å². The predicted octanol–water partition coefficient (Wildman–Crippen LogP) is 0.853. The maximum Gasteiger partial charge on any atom is 0.168 e.